The Balaban J connectivity index is 0.000000810. The third kappa shape index (κ3) is 1.70. The molecule has 1 rings (SSSR count). The van der Waals surface area contributed by atoms with Gasteiger partial charge in [-0.05, 0) is 49.4 Å². The molecule has 1 heterocycles. The van der Waals surface area contributed by atoms with E-state index >= 15 is 0 Å². The molecule has 0 aliphatic heterocycles. The molecule has 0 spiro atoms. The molecular formula is C8H14LiP. The van der Waals surface area contributed by atoms with Crippen LogP contribution in [0.1, 0.15) is 21.7 Å². The van der Waals surface area contributed by atoms with E-state index in [0.717, 1.165) is 8.19 Å². The van der Waals surface area contributed by atoms with Gasteiger partial charge in [0.05, 0.1) is 0 Å². The summed E-state index contributed by atoms with van der Waals surface area (Å²) in [6.45, 7) is 8.89. The molecule has 0 fully saturated rings. The van der Waals surface area contributed by atoms with E-state index in [-0.39, 0.29) is 18.9 Å². The zero-order chi connectivity index (χ0) is 7.02. The van der Waals surface area contributed by atoms with Crippen molar-refractivity contribution >= 4 is 27.1 Å². The molecule has 0 bridgehead atoms. The quantitative estimate of drug-likeness (QED) is 0.495. The fraction of sp³-hybridized carbons (Fsp3) is 0.500. The number of hydrogen-bond donors (Lipinski definition) is 0. The summed E-state index contributed by atoms with van der Waals surface area (Å²) in [6.07, 6.45) is 0. The van der Waals surface area contributed by atoms with Gasteiger partial charge in [-0.3, -0.25) is 0 Å². The Labute approximate surface area is 76.7 Å². The molecule has 0 aliphatic carbocycles. The zero-order valence-electron chi connectivity index (χ0n) is 6.50. The summed E-state index contributed by atoms with van der Waals surface area (Å²) >= 11 is 0. The van der Waals surface area contributed by atoms with Crippen molar-refractivity contribution in [2.24, 2.45) is 0 Å². The molecule has 0 saturated carbocycles. The first-order chi connectivity index (χ1) is 4.13. The average Bonchev–Trinajstić information content (AvgIpc) is 1.98. The van der Waals surface area contributed by atoms with E-state index in [1.807, 2.05) is 0 Å². The van der Waals surface area contributed by atoms with Crippen molar-refractivity contribution in [3.05, 3.63) is 21.7 Å². The monoisotopic (exact) mass is 148 g/mol. The molecular weight excluding hydrogens is 134 g/mol. The first-order valence-corrected chi connectivity index (χ1v) is 4.25. The second-order valence-corrected chi connectivity index (χ2v) is 4.38. The maximum atomic E-state index is 2.23. The summed E-state index contributed by atoms with van der Waals surface area (Å²) in [4.78, 5) is 0. The van der Waals surface area contributed by atoms with Gasteiger partial charge in [-0.25, -0.2) is 0 Å². The number of hydrogen-bond acceptors (Lipinski definition) is 0. The fourth-order valence-electron chi connectivity index (χ4n) is 1.03. The molecule has 0 aliphatic rings. The van der Waals surface area contributed by atoms with Crippen molar-refractivity contribution in [3.63, 3.8) is 0 Å². The molecule has 1 aromatic heterocycles. The molecule has 0 saturated heterocycles. The molecule has 0 nitrogen and oxygen atoms in total. The van der Waals surface area contributed by atoms with Gasteiger partial charge in [-0.15, -0.1) is 8.19 Å². The van der Waals surface area contributed by atoms with Crippen LogP contribution < -0.4 is 0 Å². The summed E-state index contributed by atoms with van der Waals surface area (Å²) in [5.41, 5.74) is 3.04. The van der Waals surface area contributed by atoms with Gasteiger partial charge in [0, 0.05) is 0 Å². The molecule has 0 amide bonds. The molecule has 0 aromatic carbocycles. The Kier molecular flexibility index (Phi) is 3.82. The third-order valence-corrected chi connectivity index (χ3v) is 3.56. The fourth-order valence-corrected chi connectivity index (χ4v) is 2.34. The summed E-state index contributed by atoms with van der Waals surface area (Å²) in [6, 6.07) is 0. The van der Waals surface area contributed by atoms with Crippen LogP contribution in [0.5, 0.6) is 0 Å². The van der Waals surface area contributed by atoms with Crippen molar-refractivity contribution in [2.45, 2.75) is 27.7 Å². The second kappa shape index (κ2) is 3.68. The van der Waals surface area contributed by atoms with E-state index in [2.05, 4.69) is 27.7 Å². The Morgan fingerprint density at radius 2 is 1.10 bits per heavy atom. The van der Waals surface area contributed by atoms with Crippen LogP contribution in [-0.2, 0) is 0 Å². The van der Waals surface area contributed by atoms with E-state index in [1.54, 1.807) is 10.6 Å². The first-order valence-electron chi connectivity index (χ1n) is 3.25. The van der Waals surface area contributed by atoms with Crippen LogP contribution in [0.4, 0.5) is 0 Å². The SMILES string of the molecule is Cc1[pH]c(C)c(C)c1C.[LiH]. The van der Waals surface area contributed by atoms with E-state index in [0.29, 0.717) is 0 Å². The molecule has 52 valence electrons. The predicted octanol–water partition coefficient (Wildman–Crippen LogP) is 2.30. The minimum absolute atomic E-state index is 0. The number of aryl methyl sites for hydroxylation is 2. The van der Waals surface area contributed by atoms with Crippen LogP contribution in [0.25, 0.3) is 0 Å². The minimum atomic E-state index is 0. The van der Waals surface area contributed by atoms with Crippen molar-refractivity contribution in [3.8, 4) is 0 Å². The van der Waals surface area contributed by atoms with Crippen LogP contribution >= 0.6 is 8.19 Å². The van der Waals surface area contributed by atoms with Crippen molar-refractivity contribution in [2.75, 3.05) is 0 Å². The summed E-state index contributed by atoms with van der Waals surface area (Å²) < 4.78 is 0. The van der Waals surface area contributed by atoms with Gasteiger partial charge in [-0.2, -0.15) is 0 Å². The number of rotatable bonds is 0. The summed E-state index contributed by atoms with van der Waals surface area (Å²) in [5.74, 6) is 0. The van der Waals surface area contributed by atoms with E-state index in [4.69, 9.17) is 0 Å². The Hall–Kier alpha value is 0.377. The Morgan fingerprint density at radius 3 is 1.20 bits per heavy atom. The average molecular weight is 148 g/mol. The van der Waals surface area contributed by atoms with E-state index in [9.17, 15) is 0 Å². The third-order valence-electron chi connectivity index (χ3n) is 2.06. The molecule has 10 heavy (non-hydrogen) atoms. The van der Waals surface area contributed by atoms with Gasteiger partial charge in [0.15, 0.2) is 0 Å². The van der Waals surface area contributed by atoms with Gasteiger partial charge in [0.2, 0.25) is 0 Å². The van der Waals surface area contributed by atoms with Gasteiger partial charge >= 0.3 is 18.9 Å². The molecule has 1 aromatic rings. The zero-order valence-corrected chi connectivity index (χ0v) is 7.50. The Morgan fingerprint density at radius 1 is 0.800 bits per heavy atom. The molecule has 0 N–H and O–H groups in total. The Bertz CT molecular complexity index is 203. The second-order valence-electron chi connectivity index (χ2n) is 2.62. The maximum absolute atomic E-state index is 2.23. The predicted molar refractivity (Wildman–Crippen MR) is 52.0 cm³/mol. The van der Waals surface area contributed by atoms with Crippen LogP contribution in [0.2, 0.25) is 0 Å². The molecule has 0 unspecified atom stereocenters. The standard InChI is InChI=1S/C8H13P.Li.H/c1-5-6(2)8(4)9-7(5)3;;/h9H,1-4H3;;. The van der Waals surface area contributed by atoms with Crippen molar-refractivity contribution < 1.29 is 0 Å². The van der Waals surface area contributed by atoms with Gasteiger partial charge in [0.25, 0.3) is 0 Å². The van der Waals surface area contributed by atoms with Gasteiger partial charge < -0.3 is 0 Å². The van der Waals surface area contributed by atoms with Crippen molar-refractivity contribution in [1.29, 1.82) is 0 Å². The first kappa shape index (κ1) is 10.4. The summed E-state index contributed by atoms with van der Waals surface area (Å²) in [5, 5.41) is 3.15. The molecule has 2 heteroatoms. The van der Waals surface area contributed by atoms with E-state index in [1.165, 1.54) is 11.1 Å². The van der Waals surface area contributed by atoms with Gasteiger partial charge in [0.1, 0.15) is 0 Å². The van der Waals surface area contributed by atoms with Crippen LogP contribution in [0.3, 0.4) is 0 Å². The van der Waals surface area contributed by atoms with E-state index < -0.39 is 0 Å². The van der Waals surface area contributed by atoms with Crippen LogP contribution in [0, 0.1) is 27.7 Å². The molecule has 0 radical (unpaired) electrons. The van der Waals surface area contributed by atoms with Crippen LogP contribution in [-0.4, -0.2) is 18.9 Å². The van der Waals surface area contributed by atoms with Crippen LogP contribution in [0.15, 0.2) is 0 Å². The summed E-state index contributed by atoms with van der Waals surface area (Å²) in [7, 11) is 0.976. The van der Waals surface area contributed by atoms with Crippen molar-refractivity contribution in [1.82, 2.24) is 0 Å². The molecule has 0 atom stereocenters. The van der Waals surface area contributed by atoms with Gasteiger partial charge in [-0.1, -0.05) is 0 Å². The topological polar surface area (TPSA) is 0 Å². The normalized spacial score (nSPS) is 9.20.